The Bertz CT molecular complexity index is 403. The fourth-order valence-electron chi connectivity index (χ4n) is 1.42. The molecule has 0 aromatic heterocycles. The summed E-state index contributed by atoms with van der Waals surface area (Å²) in [5, 5.41) is 10.6. The summed E-state index contributed by atoms with van der Waals surface area (Å²) in [7, 11) is 0. The van der Waals surface area contributed by atoms with E-state index in [2.05, 4.69) is 5.32 Å². The zero-order chi connectivity index (χ0) is 12.8. The number of carbonyl (C=O) groups excluding carboxylic acids is 1. The lowest BCUT2D eigenvalue weighted by molar-refractivity contribution is -0.119. The maximum atomic E-state index is 11.0. The van der Waals surface area contributed by atoms with E-state index in [1.807, 2.05) is 12.1 Å². The molecule has 1 rings (SSSR count). The third-order valence-corrected chi connectivity index (χ3v) is 2.34. The van der Waals surface area contributed by atoms with Crippen LogP contribution in [0.2, 0.25) is 0 Å². The van der Waals surface area contributed by atoms with E-state index in [0.29, 0.717) is 6.54 Å². The molecule has 0 spiro atoms. The number of hydrogen-bond acceptors (Lipinski definition) is 3. The molecule has 1 aromatic carbocycles. The van der Waals surface area contributed by atoms with Gasteiger partial charge < -0.3 is 21.9 Å². The number of carbonyl (C=O) groups is 2. The molecule has 6 heteroatoms. The lowest BCUT2D eigenvalue weighted by atomic mass is 10.0. The number of hydrogen-bond donors (Lipinski definition) is 4. The van der Waals surface area contributed by atoms with Crippen LogP contribution in [-0.2, 0) is 17.8 Å². The topological polar surface area (TPSA) is 118 Å². The summed E-state index contributed by atoms with van der Waals surface area (Å²) in [5.74, 6) is -0.699. The van der Waals surface area contributed by atoms with E-state index in [0.717, 1.165) is 11.1 Å². The normalized spacial score (nSPS) is 11.8. The maximum Gasteiger partial charge on any atom is 0.405 e. The number of rotatable bonds is 5. The molecule has 0 aliphatic rings. The molecule has 2 amide bonds. The van der Waals surface area contributed by atoms with Gasteiger partial charge >= 0.3 is 6.09 Å². The van der Waals surface area contributed by atoms with E-state index >= 15 is 0 Å². The predicted molar refractivity (Wildman–Crippen MR) is 62.2 cm³/mol. The van der Waals surface area contributed by atoms with Gasteiger partial charge in [-0.15, -0.1) is 0 Å². The second-order valence-electron chi connectivity index (χ2n) is 3.63. The van der Waals surface area contributed by atoms with Crippen LogP contribution in [0.25, 0.3) is 0 Å². The summed E-state index contributed by atoms with van der Waals surface area (Å²) >= 11 is 0. The Labute approximate surface area is 98.6 Å². The molecule has 17 heavy (non-hydrogen) atoms. The van der Waals surface area contributed by atoms with Gasteiger partial charge in [0.2, 0.25) is 5.91 Å². The third-order valence-electron chi connectivity index (χ3n) is 2.34. The molecule has 92 valence electrons. The minimum absolute atomic E-state index is 0.229. The first-order valence-electron chi connectivity index (χ1n) is 5.09. The molecule has 6 nitrogen and oxygen atoms in total. The van der Waals surface area contributed by atoms with Crippen LogP contribution in [0.5, 0.6) is 0 Å². The first-order chi connectivity index (χ1) is 8.02. The fourth-order valence-corrected chi connectivity index (χ4v) is 1.42. The van der Waals surface area contributed by atoms with Crippen LogP contribution in [0.4, 0.5) is 4.79 Å². The lowest BCUT2D eigenvalue weighted by Gasteiger charge is -2.13. The van der Waals surface area contributed by atoms with Crippen LogP contribution in [0.15, 0.2) is 24.3 Å². The Morgan fingerprint density at radius 1 is 1.24 bits per heavy atom. The second-order valence-corrected chi connectivity index (χ2v) is 3.63. The molecule has 0 heterocycles. The van der Waals surface area contributed by atoms with Gasteiger partial charge in [0.15, 0.2) is 0 Å². The molecule has 0 aliphatic heterocycles. The van der Waals surface area contributed by atoms with E-state index < -0.39 is 18.0 Å². The standard InChI is InChI=1S/C11H15N3O3/c12-6-8-3-1-7(2-4-8)5-9(10(13)15)14-11(16)17/h1-4,9,14H,5-6,12H2,(H2,13,15)(H,16,17). The van der Waals surface area contributed by atoms with Crippen molar-refractivity contribution in [2.45, 2.75) is 19.0 Å². The van der Waals surface area contributed by atoms with Crippen LogP contribution >= 0.6 is 0 Å². The lowest BCUT2D eigenvalue weighted by Crippen LogP contribution is -2.45. The SMILES string of the molecule is NCc1ccc(CC(NC(=O)O)C(N)=O)cc1. The van der Waals surface area contributed by atoms with Crippen molar-refractivity contribution in [2.24, 2.45) is 11.5 Å². The van der Waals surface area contributed by atoms with Gasteiger partial charge in [0.05, 0.1) is 0 Å². The average molecular weight is 237 g/mol. The van der Waals surface area contributed by atoms with Gasteiger partial charge in [-0.1, -0.05) is 24.3 Å². The molecule has 0 radical (unpaired) electrons. The Kier molecular flexibility index (Phi) is 4.47. The van der Waals surface area contributed by atoms with Crippen LogP contribution < -0.4 is 16.8 Å². The molecular weight excluding hydrogens is 222 g/mol. The number of carboxylic acid groups (broad SMARTS) is 1. The van der Waals surface area contributed by atoms with Gasteiger partial charge in [0.1, 0.15) is 6.04 Å². The van der Waals surface area contributed by atoms with Gasteiger partial charge in [-0.3, -0.25) is 4.79 Å². The summed E-state index contributed by atoms with van der Waals surface area (Å²) in [4.78, 5) is 21.5. The van der Waals surface area contributed by atoms with Gasteiger partial charge in [-0.2, -0.15) is 0 Å². The van der Waals surface area contributed by atoms with Gasteiger partial charge in [-0.25, -0.2) is 4.79 Å². The van der Waals surface area contributed by atoms with Crippen molar-refractivity contribution in [2.75, 3.05) is 0 Å². The maximum absolute atomic E-state index is 11.0. The third kappa shape index (κ3) is 4.12. The van der Waals surface area contributed by atoms with Gasteiger partial charge in [0.25, 0.3) is 0 Å². The van der Waals surface area contributed by atoms with E-state index in [9.17, 15) is 9.59 Å². The summed E-state index contributed by atoms with van der Waals surface area (Å²) in [6.45, 7) is 0.437. The Morgan fingerprint density at radius 3 is 2.18 bits per heavy atom. The predicted octanol–water partition coefficient (Wildman–Crippen LogP) is -0.191. The van der Waals surface area contributed by atoms with Crippen molar-refractivity contribution < 1.29 is 14.7 Å². The monoisotopic (exact) mass is 237 g/mol. The highest BCUT2D eigenvalue weighted by molar-refractivity contribution is 5.84. The van der Waals surface area contributed by atoms with Crippen LogP contribution in [0.1, 0.15) is 11.1 Å². The first kappa shape index (κ1) is 13.0. The van der Waals surface area contributed by atoms with Crippen molar-refractivity contribution in [3.63, 3.8) is 0 Å². The van der Waals surface area contributed by atoms with Crippen molar-refractivity contribution in [1.29, 1.82) is 0 Å². The second kappa shape index (κ2) is 5.86. The first-order valence-corrected chi connectivity index (χ1v) is 5.09. The van der Waals surface area contributed by atoms with Crippen molar-refractivity contribution >= 4 is 12.0 Å². The smallest absolute Gasteiger partial charge is 0.405 e. The summed E-state index contributed by atoms with van der Waals surface area (Å²) in [5.41, 5.74) is 12.3. The highest BCUT2D eigenvalue weighted by Gasteiger charge is 2.17. The average Bonchev–Trinajstić information content (AvgIpc) is 2.28. The minimum Gasteiger partial charge on any atom is -0.465 e. The number of primary amides is 1. The number of nitrogens with one attached hydrogen (secondary N) is 1. The summed E-state index contributed by atoms with van der Waals surface area (Å²) in [6.07, 6.45) is -1.04. The van der Waals surface area contributed by atoms with Crippen LogP contribution in [0.3, 0.4) is 0 Å². The number of benzene rings is 1. The highest BCUT2D eigenvalue weighted by atomic mass is 16.4. The highest BCUT2D eigenvalue weighted by Crippen LogP contribution is 2.06. The molecule has 6 N–H and O–H groups in total. The number of nitrogens with two attached hydrogens (primary N) is 2. The molecular formula is C11H15N3O3. The largest absolute Gasteiger partial charge is 0.465 e. The summed E-state index contributed by atoms with van der Waals surface area (Å²) < 4.78 is 0. The van der Waals surface area contributed by atoms with Crippen LogP contribution in [0, 0.1) is 0 Å². The van der Waals surface area contributed by atoms with Crippen molar-refractivity contribution in [3.05, 3.63) is 35.4 Å². The zero-order valence-electron chi connectivity index (χ0n) is 9.22. The van der Waals surface area contributed by atoms with Crippen LogP contribution in [-0.4, -0.2) is 23.1 Å². The molecule has 0 bridgehead atoms. The minimum atomic E-state index is -1.27. The molecule has 0 saturated heterocycles. The molecule has 0 aliphatic carbocycles. The number of amides is 2. The van der Waals surface area contributed by atoms with Crippen molar-refractivity contribution in [1.82, 2.24) is 5.32 Å². The molecule has 0 fully saturated rings. The summed E-state index contributed by atoms with van der Waals surface area (Å²) in [6, 6.07) is 6.32. The van der Waals surface area contributed by atoms with E-state index in [1.54, 1.807) is 12.1 Å². The van der Waals surface area contributed by atoms with E-state index in [4.69, 9.17) is 16.6 Å². The van der Waals surface area contributed by atoms with Gasteiger partial charge in [-0.05, 0) is 11.1 Å². The molecule has 1 unspecified atom stereocenters. The Hall–Kier alpha value is -2.08. The van der Waals surface area contributed by atoms with Crippen molar-refractivity contribution in [3.8, 4) is 0 Å². The fraction of sp³-hybridized carbons (Fsp3) is 0.273. The van der Waals surface area contributed by atoms with E-state index in [1.165, 1.54) is 0 Å². The zero-order valence-corrected chi connectivity index (χ0v) is 9.22. The van der Waals surface area contributed by atoms with E-state index in [-0.39, 0.29) is 6.42 Å². The Morgan fingerprint density at radius 2 is 1.76 bits per heavy atom. The van der Waals surface area contributed by atoms with Gasteiger partial charge in [0, 0.05) is 13.0 Å². The molecule has 1 atom stereocenters. The molecule has 1 aromatic rings. The molecule has 0 saturated carbocycles. The quantitative estimate of drug-likeness (QED) is 0.567. The Balaban J connectivity index is 2.71.